The second kappa shape index (κ2) is 7.31. The predicted molar refractivity (Wildman–Crippen MR) is 85.2 cm³/mol. The Labute approximate surface area is 139 Å². The summed E-state index contributed by atoms with van der Waals surface area (Å²) in [5, 5.41) is 10.2. The first-order valence-electron chi connectivity index (χ1n) is 7.02. The molecular formula is C15H18Cl2N2O3. The fourth-order valence-corrected chi connectivity index (χ4v) is 3.23. The molecule has 1 aliphatic heterocycles. The number of aliphatic carboxylic acids is 1. The van der Waals surface area contributed by atoms with Gasteiger partial charge in [-0.3, -0.25) is 14.5 Å². The van der Waals surface area contributed by atoms with E-state index in [1.165, 1.54) is 0 Å². The Balaban J connectivity index is 1.96. The van der Waals surface area contributed by atoms with Gasteiger partial charge in [-0.1, -0.05) is 23.2 Å². The van der Waals surface area contributed by atoms with Crippen LogP contribution in [0.4, 0.5) is 0 Å². The summed E-state index contributed by atoms with van der Waals surface area (Å²) in [5.74, 6) is -0.987. The normalized spacial score (nSPS) is 18.4. The summed E-state index contributed by atoms with van der Waals surface area (Å²) in [7, 11) is 1.68. The zero-order valence-corrected chi connectivity index (χ0v) is 13.8. The van der Waals surface area contributed by atoms with Crippen LogP contribution in [0.3, 0.4) is 0 Å². The maximum atomic E-state index is 12.3. The van der Waals surface area contributed by atoms with Crippen molar-refractivity contribution < 1.29 is 14.7 Å². The molecule has 22 heavy (non-hydrogen) atoms. The van der Waals surface area contributed by atoms with Crippen LogP contribution in [-0.4, -0.2) is 53.0 Å². The molecule has 1 saturated heterocycles. The number of likely N-dealkylation sites (tertiary alicyclic amines) is 1. The fourth-order valence-electron chi connectivity index (χ4n) is 2.65. The Morgan fingerprint density at radius 1 is 1.32 bits per heavy atom. The van der Waals surface area contributed by atoms with Crippen LogP contribution in [-0.2, 0) is 16.1 Å². The molecule has 1 fully saturated rings. The number of carboxylic acids is 1. The average molecular weight is 345 g/mol. The zero-order valence-electron chi connectivity index (χ0n) is 12.3. The minimum Gasteiger partial charge on any atom is -0.480 e. The molecule has 1 aromatic rings. The highest BCUT2D eigenvalue weighted by Gasteiger charge is 2.32. The minimum absolute atomic E-state index is 0.113. The van der Waals surface area contributed by atoms with E-state index in [-0.39, 0.29) is 12.5 Å². The lowest BCUT2D eigenvalue weighted by molar-refractivity contribution is -0.143. The highest BCUT2D eigenvalue weighted by Crippen LogP contribution is 2.21. The summed E-state index contributed by atoms with van der Waals surface area (Å²) in [5.41, 5.74) is 0.838. The molecule has 7 heteroatoms. The Kier molecular flexibility index (Phi) is 5.67. The van der Waals surface area contributed by atoms with Crippen molar-refractivity contribution in [1.29, 1.82) is 0 Å². The quantitative estimate of drug-likeness (QED) is 0.891. The first kappa shape index (κ1) is 17.1. The maximum Gasteiger partial charge on any atom is 0.320 e. The first-order valence-corrected chi connectivity index (χ1v) is 7.78. The van der Waals surface area contributed by atoms with Crippen molar-refractivity contribution >= 4 is 35.1 Å². The van der Waals surface area contributed by atoms with Gasteiger partial charge >= 0.3 is 5.97 Å². The molecule has 0 aromatic heterocycles. The Bertz CT molecular complexity index is 560. The highest BCUT2D eigenvalue weighted by atomic mass is 35.5. The molecule has 0 saturated carbocycles. The predicted octanol–water partition coefficient (Wildman–Crippen LogP) is 2.50. The molecular weight excluding hydrogens is 327 g/mol. The number of benzene rings is 1. The maximum absolute atomic E-state index is 12.3. The van der Waals surface area contributed by atoms with Gasteiger partial charge in [0.15, 0.2) is 0 Å². The van der Waals surface area contributed by atoms with Crippen LogP contribution < -0.4 is 0 Å². The van der Waals surface area contributed by atoms with Crippen LogP contribution in [0.15, 0.2) is 18.2 Å². The van der Waals surface area contributed by atoms with Gasteiger partial charge in [0.05, 0.1) is 6.54 Å². The average Bonchev–Trinajstić information content (AvgIpc) is 2.85. The third-order valence-electron chi connectivity index (χ3n) is 3.75. The summed E-state index contributed by atoms with van der Waals surface area (Å²) in [6, 6.07) is 4.59. The number of hydrogen-bond donors (Lipinski definition) is 1. The SMILES string of the molecule is CN(Cc1cc(Cl)cc(Cl)c1)C(=O)CN1CCC[C@H]1C(=O)O. The lowest BCUT2D eigenvalue weighted by atomic mass is 10.2. The number of amides is 1. The van der Waals surface area contributed by atoms with Gasteiger partial charge in [0, 0.05) is 23.6 Å². The van der Waals surface area contributed by atoms with Crippen LogP contribution in [0.1, 0.15) is 18.4 Å². The van der Waals surface area contributed by atoms with E-state index in [0.717, 1.165) is 12.0 Å². The second-order valence-electron chi connectivity index (χ2n) is 5.49. The molecule has 0 aliphatic carbocycles. The lowest BCUT2D eigenvalue weighted by Gasteiger charge is -2.24. The smallest absolute Gasteiger partial charge is 0.320 e. The topological polar surface area (TPSA) is 60.9 Å². The van der Waals surface area contributed by atoms with Crippen molar-refractivity contribution in [2.75, 3.05) is 20.1 Å². The van der Waals surface area contributed by atoms with Gasteiger partial charge in [-0.15, -0.1) is 0 Å². The molecule has 1 atom stereocenters. The molecule has 0 spiro atoms. The molecule has 1 N–H and O–H groups in total. The van der Waals surface area contributed by atoms with Gasteiger partial charge in [0.2, 0.25) is 5.91 Å². The summed E-state index contributed by atoms with van der Waals surface area (Å²) < 4.78 is 0. The van der Waals surface area contributed by atoms with Gasteiger partial charge in [0.1, 0.15) is 6.04 Å². The third-order valence-corrected chi connectivity index (χ3v) is 4.19. The number of carbonyl (C=O) groups excluding carboxylic acids is 1. The molecule has 5 nitrogen and oxygen atoms in total. The number of carbonyl (C=O) groups is 2. The number of rotatable bonds is 5. The van der Waals surface area contributed by atoms with Crippen molar-refractivity contribution in [3.05, 3.63) is 33.8 Å². The van der Waals surface area contributed by atoms with E-state index in [1.54, 1.807) is 35.0 Å². The molecule has 1 aromatic carbocycles. The minimum atomic E-state index is -0.866. The van der Waals surface area contributed by atoms with E-state index in [2.05, 4.69) is 0 Å². The van der Waals surface area contributed by atoms with E-state index in [1.807, 2.05) is 0 Å². The summed E-state index contributed by atoms with van der Waals surface area (Å²) in [4.78, 5) is 26.7. The zero-order chi connectivity index (χ0) is 16.3. The van der Waals surface area contributed by atoms with Gasteiger partial charge in [0.25, 0.3) is 0 Å². The van der Waals surface area contributed by atoms with Crippen LogP contribution in [0.25, 0.3) is 0 Å². The number of likely N-dealkylation sites (N-methyl/N-ethyl adjacent to an activating group) is 1. The molecule has 0 bridgehead atoms. The largest absolute Gasteiger partial charge is 0.480 e. The van der Waals surface area contributed by atoms with E-state index in [9.17, 15) is 9.59 Å². The number of halogens is 2. The van der Waals surface area contributed by atoms with Gasteiger partial charge in [-0.05, 0) is 43.1 Å². The first-order chi connectivity index (χ1) is 10.4. The highest BCUT2D eigenvalue weighted by molar-refractivity contribution is 6.34. The lowest BCUT2D eigenvalue weighted by Crippen LogP contribution is -2.43. The standard InChI is InChI=1S/C15H18Cl2N2O3/c1-18(8-10-5-11(16)7-12(17)6-10)14(20)9-19-4-2-3-13(19)15(21)22/h5-7,13H,2-4,8-9H2,1H3,(H,21,22)/t13-/m0/s1. The van der Waals surface area contributed by atoms with Gasteiger partial charge in [-0.25, -0.2) is 0 Å². The molecule has 1 heterocycles. The molecule has 2 rings (SSSR count). The number of carboxylic acid groups (broad SMARTS) is 1. The van der Waals surface area contributed by atoms with Crippen molar-refractivity contribution in [3.8, 4) is 0 Å². The van der Waals surface area contributed by atoms with Crippen molar-refractivity contribution in [3.63, 3.8) is 0 Å². The number of hydrogen-bond acceptors (Lipinski definition) is 3. The van der Waals surface area contributed by atoms with Crippen molar-refractivity contribution in [1.82, 2.24) is 9.80 Å². The van der Waals surface area contributed by atoms with Gasteiger partial charge in [-0.2, -0.15) is 0 Å². The van der Waals surface area contributed by atoms with Crippen molar-refractivity contribution in [2.24, 2.45) is 0 Å². The Morgan fingerprint density at radius 3 is 2.55 bits per heavy atom. The van der Waals surface area contributed by atoms with Crippen molar-refractivity contribution in [2.45, 2.75) is 25.4 Å². The molecule has 0 unspecified atom stereocenters. The third kappa shape index (κ3) is 4.35. The van der Waals surface area contributed by atoms with Crippen LogP contribution >= 0.6 is 23.2 Å². The van der Waals surface area contributed by atoms with E-state index in [4.69, 9.17) is 28.3 Å². The van der Waals surface area contributed by atoms with E-state index < -0.39 is 12.0 Å². The second-order valence-corrected chi connectivity index (χ2v) is 6.37. The van der Waals surface area contributed by atoms with Crippen LogP contribution in [0.2, 0.25) is 10.0 Å². The summed E-state index contributed by atoms with van der Waals surface area (Å²) >= 11 is 11.9. The molecule has 1 aliphatic rings. The summed E-state index contributed by atoms with van der Waals surface area (Å²) in [6.07, 6.45) is 1.40. The van der Waals surface area contributed by atoms with Crippen LogP contribution in [0.5, 0.6) is 0 Å². The monoisotopic (exact) mass is 344 g/mol. The molecule has 1 amide bonds. The van der Waals surface area contributed by atoms with E-state index in [0.29, 0.717) is 29.6 Å². The molecule has 120 valence electrons. The fraction of sp³-hybridized carbons (Fsp3) is 0.467. The molecule has 0 radical (unpaired) electrons. The van der Waals surface area contributed by atoms with E-state index >= 15 is 0 Å². The number of nitrogens with zero attached hydrogens (tertiary/aromatic N) is 2. The Morgan fingerprint density at radius 2 is 1.95 bits per heavy atom. The summed E-state index contributed by atoms with van der Waals surface area (Å²) in [6.45, 7) is 1.13. The van der Waals surface area contributed by atoms with Crippen LogP contribution in [0, 0.1) is 0 Å². The Hall–Kier alpha value is -1.30. The van der Waals surface area contributed by atoms with Gasteiger partial charge < -0.3 is 10.0 Å².